The maximum Gasteiger partial charge on any atom is 0.260 e. The molecule has 1 aromatic carbocycles. The summed E-state index contributed by atoms with van der Waals surface area (Å²) in [7, 11) is 0. The molecule has 0 unspecified atom stereocenters. The van der Waals surface area contributed by atoms with Crippen LogP contribution in [0.15, 0.2) is 30.3 Å². The number of nitrogens with zero attached hydrogens (tertiary/aromatic N) is 6. The number of carbonyl (C=O) groups is 1. The molecular weight excluding hydrogens is 368 g/mol. The first-order valence-electron chi connectivity index (χ1n) is 9.99. The number of carbonyl (C=O) groups excluding carboxylic acids is 1. The third-order valence-corrected chi connectivity index (χ3v) is 5.24. The highest BCUT2D eigenvalue weighted by Crippen LogP contribution is 2.18. The maximum atomic E-state index is 12.5. The summed E-state index contributed by atoms with van der Waals surface area (Å²) < 4.78 is 7.65. The van der Waals surface area contributed by atoms with Crippen LogP contribution >= 0.6 is 0 Å². The van der Waals surface area contributed by atoms with Gasteiger partial charge in [-0.15, -0.1) is 10.2 Å². The van der Waals surface area contributed by atoms with Gasteiger partial charge in [0.15, 0.2) is 6.61 Å². The van der Waals surface area contributed by atoms with Gasteiger partial charge in [0.05, 0.1) is 0 Å². The highest BCUT2D eigenvalue weighted by Gasteiger charge is 2.23. The minimum absolute atomic E-state index is 0.00999. The molecule has 1 aliphatic heterocycles. The highest BCUT2D eigenvalue weighted by molar-refractivity contribution is 5.78. The molecule has 0 radical (unpaired) electrons. The Hall–Kier alpha value is -3.16. The number of aryl methyl sites for hydroxylation is 3. The number of piperazine rings is 1. The van der Waals surface area contributed by atoms with Crippen LogP contribution in [-0.2, 0) is 11.2 Å². The number of fused-ring (bicyclic) bond motifs is 1. The Bertz CT molecular complexity index is 1020. The summed E-state index contributed by atoms with van der Waals surface area (Å²) in [5.74, 6) is 3.16. The molecule has 0 saturated carbocycles. The van der Waals surface area contributed by atoms with Gasteiger partial charge in [0.2, 0.25) is 0 Å². The second-order valence-electron chi connectivity index (χ2n) is 7.33. The second kappa shape index (κ2) is 8.06. The molecule has 1 amide bonds. The molecule has 0 atom stereocenters. The molecule has 0 aliphatic carbocycles. The van der Waals surface area contributed by atoms with Gasteiger partial charge in [0, 0.05) is 44.4 Å². The monoisotopic (exact) mass is 394 g/mol. The van der Waals surface area contributed by atoms with Crippen LogP contribution < -0.4 is 9.64 Å². The van der Waals surface area contributed by atoms with Gasteiger partial charge in [-0.05, 0) is 31.5 Å². The fourth-order valence-electron chi connectivity index (χ4n) is 3.64. The smallest absolute Gasteiger partial charge is 0.260 e. The molecule has 152 valence electrons. The molecule has 1 saturated heterocycles. The van der Waals surface area contributed by atoms with Crippen molar-refractivity contribution in [1.29, 1.82) is 0 Å². The first-order valence-corrected chi connectivity index (χ1v) is 9.99. The lowest BCUT2D eigenvalue weighted by atomic mass is 10.2. The van der Waals surface area contributed by atoms with E-state index in [0.717, 1.165) is 48.2 Å². The molecular formula is C21H26N6O2. The number of benzene rings is 1. The molecule has 1 fully saturated rings. The average Bonchev–Trinajstić information content (AvgIpc) is 3.16. The van der Waals surface area contributed by atoms with E-state index in [-0.39, 0.29) is 12.5 Å². The van der Waals surface area contributed by atoms with Crippen LogP contribution in [0.25, 0.3) is 5.78 Å². The number of amides is 1. The summed E-state index contributed by atoms with van der Waals surface area (Å²) in [5, 5.41) is 8.41. The van der Waals surface area contributed by atoms with Gasteiger partial charge in [-0.2, -0.15) is 4.98 Å². The van der Waals surface area contributed by atoms with E-state index < -0.39 is 0 Å². The SMILES string of the molecule is CCc1nnc2nc(N3CCN(C(=O)COc4cccc(C)c4)CC3)cc(C)n12. The Kier molecular flexibility index (Phi) is 5.33. The standard InChI is InChI=1S/C21H26N6O2/c1-4-18-23-24-21-22-19(13-16(3)27(18)21)25-8-10-26(11-9-25)20(28)14-29-17-7-5-6-15(2)12-17/h5-7,12-13H,4,8-11,14H2,1-3H3. The zero-order valence-corrected chi connectivity index (χ0v) is 17.1. The van der Waals surface area contributed by atoms with Crippen LogP contribution in [0.3, 0.4) is 0 Å². The lowest BCUT2D eigenvalue weighted by Crippen LogP contribution is -2.50. The average molecular weight is 394 g/mol. The van der Waals surface area contributed by atoms with Crippen LogP contribution in [0, 0.1) is 13.8 Å². The second-order valence-corrected chi connectivity index (χ2v) is 7.33. The van der Waals surface area contributed by atoms with Crippen molar-refractivity contribution < 1.29 is 9.53 Å². The van der Waals surface area contributed by atoms with E-state index in [1.165, 1.54) is 0 Å². The van der Waals surface area contributed by atoms with Crippen molar-refractivity contribution in [3.05, 3.63) is 47.4 Å². The first-order chi connectivity index (χ1) is 14.0. The van der Waals surface area contributed by atoms with Crippen LogP contribution in [0.4, 0.5) is 5.82 Å². The molecule has 29 heavy (non-hydrogen) atoms. The molecule has 0 N–H and O–H groups in total. The van der Waals surface area contributed by atoms with Crippen molar-refractivity contribution in [1.82, 2.24) is 24.5 Å². The maximum absolute atomic E-state index is 12.5. The van der Waals surface area contributed by atoms with Gasteiger partial charge in [-0.1, -0.05) is 19.1 Å². The zero-order chi connectivity index (χ0) is 20.4. The lowest BCUT2D eigenvalue weighted by Gasteiger charge is -2.35. The van der Waals surface area contributed by atoms with Crippen molar-refractivity contribution in [2.75, 3.05) is 37.7 Å². The lowest BCUT2D eigenvalue weighted by molar-refractivity contribution is -0.133. The van der Waals surface area contributed by atoms with E-state index in [1.807, 2.05) is 47.4 Å². The first kappa shape index (κ1) is 19.2. The summed E-state index contributed by atoms with van der Waals surface area (Å²) in [6.45, 7) is 8.92. The predicted octanol–water partition coefficient (Wildman–Crippen LogP) is 2.03. The van der Waals surface area contributed by atoms with E-state index in [9.17, 15) is 4.79 Å². The van der Waals surface area contributed by atoms with Gasteiger partial charge >= 0.3 is 0 Å². The van der Waals surface area contributed by atoms with Crippen molar-refractivity contribution in [2.24, 2.45) is 0 Å². The molecule has 8 nitrogen and oxygen atoms in total. The van der Waals surface area contributed by atoms with Crippen molar-refractivity contribution in [3.8, 4) is 5.75 Å². The largest absolute Gasteiger partial charge is 0.484 e. The van der Waals surface area contributed by atoms with Crippen molar-refractivity contribution in [2.45, 2.75) is 27.2 Å². The number of anilines is 1. The Morgan fingerprint density at radius 1 is 1.10 bits per heavy atom. The molecule has 3 aromatic rings. The summed E-state index contributed by atoms with van der Waals surface area (Å²) in [4.78, 5) is 21.2. The normalized spacial score (nSPS) is 14.4. The van der Waals surface area contributed by atoms with Crippen molar-refractivity contribution in [3.63, 3.8) is 0 Å². The van der Waals surface area contributed by atoms with Crippen LogP contribution in [-0.4, -0.2) is 63.2 Å². The number of rotatable bonds is 5. The van der Waals surface area contributed by atoms with Crippen LogP contribution in [0.5, 0.6) is 5.75 Å². The number of ether oxygens (including phenoxy) is 1. The van der Waals surface area contributed by atoms with E-state index in [0.29, 0.717) is 18.9 Å². The highest BCUT2D eigenvalue weighted by atomic mass is 16.5. The van der Waals surface area contributed by atoms with Crippen LogP contribution in [0.2, 0.25) is 0 Å². The molecule has 1 aliphatic rings. The summed E-state index contributed by atoms with van der Waals surface area (Å²) in [6.07, 6.45) is 0.814. The van der Waals surface area contributed by atoms with E-state index in [2.05, 4.69) is 33.1 Å². The molecule has 0 spiro atoms. The van der Waals surface area contributed by atoms with Gasteiger partial charge in [0.1, 0.15) is 17.4 Å². The summed E-state index contributed by atoms with van der Waals surface area (Å²) in [5.41, 5.74) is 2.18. The number of hydrogen-bond donors (Lipinski definition) is 0. The zero-order valence-electron chi connectivity index (χ0n) is 17.1. The summed E-state index contributed by atoms with van der Waals surface area (Å²) in [6, 6.07) is 9.80. The van der Waals surface area contributed by atoms with Gasteiger partial charge in [-0.3, -0.25) is 9.20 Å². The molecule has 4 rings (SSSR count). The third kappa shape index (κ3) is 4.01. The summed E-state index contributed by atoms with van der Waals surface area (Å²) >= 11 is 0. The fraction of sp³-hybridized carbons (Fsp3) is 0.429. The number of hydrogen-bond acceptors (Lipinski definition) is 6. The molecule has 0 bridgehead atoms. The molecule has 2 aromatic heterocycles. The van der Waals surface area contributed by atoms with Gasteiger partial charge < -0.3 is 14.5 Å². The van der Waals surface area contributed by atoms with E-state index in [4.69, 9.17) is 4.74 Å². The van der Waals surface area contributed by atoms with Gasteiger partial charge in [0.25, 0.3) is 11.7 Å². The van der Waals surface area contributed by atoms with E-state index in [1.54, 1.807) is 0 Å². The predicted molar refractivity (Wildman–Crippen MR) is 110 cm³/mol. The minimum Gasteiger partial charge on any atom is -0.484 e. The Morgan fingerprint density at radius 2 is 1.90 bits per heavy atom. The topological polar surface area (TPSA) is 75.9 Å². The molecule has 3 heterocycles. The third-order valence-electron chi connectivity index (χ3n) is 5.24. The van der Waals surface area contributed by atoms with Crippen LogP contribution in [0.1, 0.15) is 24.0 Å². The van der Waals surface area contributed by atoms with Gasteiger partial charge in [-0.25, -0.2) is 0 Å². The Morgan fingerprint density at radius 3 is 2.62 bits per heavy atom. The van der Waals surface area contributed by atoms with E-state index >= 15 is 0 Å². The molecule has 8 heteroatoms. The Balaban J connectivity index is 1.36. The quantitative estimate of drug-likeness (QED) is 0.659. The fourth-order valence-corrected chi connectivity index (χ4v) is 3.64. The Labute approximate surface area is 170 Å². The van der Waals surface area contributed by atoms with Crippen molar-refractivity contribution >= 4 is 17.5 Å². The number of aromatic nitrogens is 4. The minimum atomic E-state index is 0.00999.